The Hall–Kier alpha value is -1.90. The summed E-state index contributed by atoms with van der Waals surface area (Å²) >= 11 is 0. The molecule has 0 aliphatic heterocycles. The van der Waals surface area contributed by atoms with Gasteiger partial charge in [0.2, 0.25) is 0 Å². The van der Waals surface area contributed by atoms with E-state index in [4.69, 9.17) is 0 Å². The first kappa shape index (κ1) is 8.69. The van der Waals surface area contributed by atoms with E-state index >= 15 is 0 Å². The van der Waals surface area contributed by atoms with E-state index in [2.05, 4.69) is 9.97 Å². The first-order valence-corrected chi connectivity index (χ1v) is 4.37. The molecule has 0 aromatic carbocycles. The van der Waals surface area contributed by atoms with E-state index in [-0.39, 0.29) is 5.43 Å². The van der Waals surface area contributed by atoms with Gasteiger partial charge < -0.3 is 4.98 Å². The van der Waals surface area contributed by atoms with E-state index in [9.17, 15) is 4.79 Å². The summed E-state index contributed by atoms with van der Waals surface area (Å²) in [5.74, 6) is 0. The van der Waals surface area contributed by atoms with Crippen LogP contribution in [0.3, 0.4) is 0 Å². The maximum absolute atomic E-state index is 11.1. The van der Waals surface area contributed by atoms with Gasteiger partial charge in [0.25, 0.3) is 0 Å². The Morgan fingerprint density at radius 1 is 1.29 bits per heavy atom. The van der Waals surface area contributed by atoms with Crippen molar-refractivity contribution in [2.24, 2.45) is 0 Å². The van der Waals surface area contributed by atoms with Crippen molar-refractivity contribution in [2.45, 2.75) is 6.92 Å². The molecule has 2 heterocycles. The van der Waals surface area contributed by atoms with Crippen molar-refractivity contribution < 1.29 is 0 Å². The number of nitrogens with one attached hydrogen (secondary N) is 1. The second-order valence-electron chi connectivity index (χ2n) is 3.16. The summed E-state index contributed by atoms with van der Waals surface area (Å²) in [6, 6.07) is 6.89. The highest BCUT2D eigenvalue weighted by Gasteiger charge is 1.99. The molecule has 14 heavy (non-hydrogen) atoms. The van der Waals surface area contributed by atoms with E-state index in [0.717, 1.165) is 17.0 Å². The average Bonchev–Trinajstić information content (AvgIpc) is 2.18. The normalized spacial score (nSPS) is 10.1. The van der Waals surface area contributed by atoms with Gasteiger partial charge in [-0.05, 0) is 24.6 Å². The Balaban J connectivity index is 2.55. The molecule has 3 heteroatoms. The third kappa shape index (κ3) is 1.71. The molecule has 0 aliphatic rings. The lowest BCUT2D eigenvalue weighted by Crippen LogP contribution is -1.98. The fraction of sp³-hybridized carbons (Fsp3) is 0.0909. The molecule has 0 spiro atoms. The van der Waals surface area contributed by atoms with Gasteiger partial charge >= 0.3 is 0 Å². The van der Waals surface area contributed by atoms with Crippen molar-refractivity contribution in [3.05, 3.63) is 52.4 Å². The quantitative estimate of drug-likeness (QED) is 0.737. The van der Waals surface area contributed by atoms with Crippen LogP contribution in [-0.2, 0) is 0 Å². The lowest BCUT2D eigenvalue weighted by atomic mass is 10.2. The van der Waals surface area contributed by atoms with E-state index in [1.807, 2.05) is 19.1 Å². The third-order valence-corrected chi connectivity index (χ3v) is 1.96. The van der Waals surface area contributed by atoms with Gasteiger partial charge in [-0.25, -0.2) is 0 Å². The van der Waals surface area contributed by atoms with E-state index in [1.165, 1.54) is 6.07 Å². The molecule has 0 unspecified atom stereocenters. The molecule has 0 aliphatic carbocycles. The Labute approximate surface area is 81.5 Å². The zero-order valence-electron chi connectivity index (χ0n) is 7.82. The number of hydrogen-bond acceptors (Lipinski definition) is 2. The minimum absolute atomic E-state index is 0.0120. The Morgan fingerprint density at radius 2 is 2.14 bits per heavy atom. The van der Waals surface area contributed by atoms with Crippen molar-refractivity contribution in [2.75, 3.05) is 0 Å². The summed E-state index contributed by atoms with van der Waals surface area (Å²) in [6.45, 7) is 1.99. The monoisotopic (exact) mass is 186 g/mol. The zero-order chi connectivity index (χ0) is 9.97. The van der Waals surface area contributed by atoms with Crippen LogP contribution in [-0.4, -0.2) is 9.97 Å². The summed E-state index contributed by atoms with van der Waals surface area (Å²) in [5.41, 5.74) is 2.66. The summed E-state index contributed by atoms with van der Waals surface area (Å²) in [5, 5.41) is 0. The Kier molecular flexibility index (Phi) is 2.14. The van der Waals surface area contributed by atoms with E-state index in [0.29, 0.717) is 0 Å². The van der Waals surface area contributed by atoms with Gasteiger partial charge in [-0.15, -0.1) is 0 Å². The molecular formula is C11H10N2O. The number of hydrogen-bond donors (Lipinski definition) is 1. The average molecular weight is 186 g/mol. The molecule has 2 rings (SSSR count). The van der Waals surface area contributed by atoms with Crippen molar-refractivity contribution in [1.82, 2.24) is 9.97 Å². The van der Waals surface area contributed by atoms with Crippen molar-refractivity contribution >= 4 is 0 Å². The molecule has 3 nitrogen and oxygen atoms in total. The van der Waals surface area contributed by atoms with Gasteiger partial charge in [0, 0.05) is 24.5 Å². The number of nitrogens with zero attached hydrogens (tertiary/aromatic N) is 1. The van der Waals surface area contributed by atoms with Gasteiger partial charge in [0.15, 0.2) is 5.43 Å². The van der Waals surface area contributed by atoms with Gasteiger partial charge in [-0.3, -0.25) is 9.78 Å². The summed E-state index contributed by atoms with van der Waals surface area (Å²) in [6.07, 6.45) is 3.36. The molecule has 0 saturated carbocycles. The molecule has 0 radical (unpaired) electrons. The van der Waals surface area contributed by atoms with Gasteiger partial charge in [0.05, 0.1) is 11.4 Å². The number of rotatable bonds is 1. The highest BCUT2D eigenvalue weighted by atomic mass is 16.1. The van der Waals surface area contributed by atoms with Crippen LogP contribution in [0.25, 0.3) is 11.4 Å². The molecule has 70 valence electrons. The van der Waals surface area contributed by atoms with E-state index < -0.39 is 0 Å². The molecule has 0 amide bonds. The van der Waals surface area contributed by atoms with Crippen LogP contribution in [0.4, 0.5) is 0 Å². The lowest BCUT2D eigenvalue weighted by molar-refractivity contribution is 1.22. The smallest absolute Gasteiger partial charge is 0.182 e. The first-order chi connectivity index (χ1) is 6.75. The van der Waals surface area contributed by atoms with Gasteiger partial charge in [0.1, 0.15) is 0 Å². The standard InChI is InChI=1S/C11H10N2O/c1-8-2-4-12-10(6-8)11-7-9(14)3-5-13-11/h2-7H,1H3,(H,13,14). The molecule has 0 atom stereocenters. The van der Waals surface area contributed by atoms with Crippen molar-refractivity contribution in [1.29, 1.82) is 0 Å². The third-order valence-electron chi connectivity index (χ3n) is 1.96. The molecular weight excluding hydrogens is 176 g/mol. The molecule has 0 bridgehead atoms. The largest absolute Gasteiger partial charge is 0.360 e. The number of H-pyrrole nitrogens is 1. The summed E-state index contributed by atoms with van der Waals surface area (Å²) < 4.78 is 0. The SMILES string of the molecule is Cc1ccnc(-c2cc(=O)cc[nH]2)c1. The van der Waals surface area contributed by atoms with Crippen LogP contribution < -0.4 is 5.43 Å². The van der Waals surface area contributed by atoms with Crippen molar-refractivity contribution in [3.63, 3.8) is 0 Å². The highest BCUT2D eigenvalue weighted by molar-refractivity contribution is 5.54. The second-order valence-corrected chi connectivity index (χ2v) is 3.16. The lowest BCUT2D eigenvalue weighted by Gasteiger charge is -2.00. The summed E-state index contributed by atoms with van der Waals surface area (Å²) in [4.78, 5) is 18.3. The molecule has 1 N–H and O–H groups in total. The second kappa shape index (κ2) is 3.46. The predicted octanol–water partition coefficient (Wildman–Crippen LogP) is 1.75. The molecule has 2 aromatic rings. The Bertz CT molecular complexity index is 502. The van der Waals surface area contributed by atoms with Gasteiger partial charge in [-0.1, -0.05) is 0 Å². The number of pyridine rings is 2. The number of aromatic nitrogens is 2. The summed E-state index contributed by atoms with van der Waals surface area (Å²) in [7, 11) is 0. The van der Waals surface area contributed by atoms with Crippen LogP contribution in [0.15, 0.2) is 41.5 Å². The Morgan fingerprint density at radius 3 is 2.86 bits per heavy atom. The minimum atomic E-state index is -0.0120. The fourth-order valence-corrected chi connectivity index (χ4v) is 1.28. The minimum Gasteiger partial charge on any atom is -0.360 e. The highest BCUT2D eigenvalue weighted by Crippen LogP contribution is 2.12. The molecule has 0 saturated heterocycles. The van der Waals surface area contributed by atoms with Crippen LogP contribution >= 0.6 is 0 Å². The predicted molar refractivity (Wildman–Crippen MR) is 55.0 cm³/mol. The van der Waals surface area contributed by atoms with Crippen molar-refractivity contribution in [3.8, 4) is 11.4 Å². The van der Waals surface area contributed by atoms with Crippen LogP contribution in [0, 0.1) is 6.92 Å². The zero-order valence-corrected chi connectivity index (χ0v) is 7.82. The first-order valence-electron chi connectivity index (χ1n) is 4.37. The van der Waals surface area contributed by atoms with Crippen LogP contribution in [0.5, 0.6) is 0 Å². The van der Waals surface area contributed by atoms with Crippen LogP contribution in [0.2, 0.25) is 0 Å². The number of aryl methyl sites for hydroxylation is 1. The molecule has 0 fully saturated rings. The van der Waals surface area contributed by atoms with Gasteiger partial charge in [-0.2, -0.15) is 0 Å². The molecule has 2 aromatic heterocycles. The fourth-order valence-electron chi connectivity index (χ4n) is 1.28. The topological polar surface area (TPSA) is 45.8 Å². The number of aromatic amines is 1. The maximum Gasteiger partial charge on any atom is 0.182 e. The van der Waals surface area contributed by atoms with E-state index in [1.54, 1.807) is 18.5 Å². The maximum atomic E-state index is 11.1. The van der Waals surface area contributed by atoms with Crippen LogP contribution in [0.1, 0.15) is 5.56 Å².